The molecule has 4 aliphatic carbocycles. The van der Waals surface area contributed by atoms with E-state index in [-0.39, 0.29) is 17.5 Å². The van der Waals surface area contributed by atoms with Crippen molar-refractivity contribution in [2.75, 3.05) is 13.2 Å². The minimum Gasteiger partial charge on any atom is -0.462 e. The average molecular weight is 236 g/mol. The molecule has 0 aromatic heterocycles. The van der Waals surface area contributed by atoms with Gasteiger partial charge in [0.1, 0.15) is 12.7 Å². The quantitative estimate of drug-likeness (QED) is 0.556. The largest absolute Gasteiger partial charge is 0.462 e. The second-order valence-electron chi connectivity index (χ2n) is 6.75. The molecule has 0 unspecified atom stereocenters. The van der Waals surface area contributed by atoms with Crippen molar-refractivity contribution in [1.29, 1.82) is 0 Å². The van der Waals surface area contributed by atoms with Crippen LogP contribution in [0.15, 0.2) is 0 Å². The third kappa shape index (κ3) is 1.70. The zero-order valence-corrected chi connectivity index (χ0v) is 10.2. The van der Waals surface area contributed by atoms with Gasteiger partial charge in [-0.1, -0.05) is 0 Å². The van der Waals surface area contributed by atoms with Crippen LogP contribution >= 0.6 is 0 Å². The maximum absolute atomic E-state index is 12.4. The first-order valence-electron chi connectivity index (χ1n) is 7.02. The summed E-state index contributed by atoms with van der Waals surface area (Å²) in [5, 5.41) is 0. The Hall–Kier alpha value is -0.570. The lowest BCUT2D eigenvalue weighted by molar-refractivity contribution is -0.172. The zero-order valence-electron chi connectivity index (χ0n) is 10.2. The smallest absolute Gasteiger partial charge is 0.312 e. The Morgan fingerprint density at radius 2 is 1.65 bits per heavy atom. The summed E-state index contributed by atoms with van der Waals surface area (Å²) in [7, 11) is 0. The molecule has 5 fully saturated rings. The Morgan fingerprint density at radius 3 is 2.12 bits per heavy atom. The van der Waals surface area contributed by atoms with Gasteiger partial charge in [0.05, 0.1) is 12.0 Å². The van der Waals surface area contributed by atoms with Gasteiger partial charge in [-0.25, -0.2) is 0 Å². The van der Waals surface area contributed by atoms with E-state index in [1.807, 2.05) is 0 Å². The van der Waals surface area contributed by atoms with Gasteiger partial charge < -0.3 is 9.47 Å². The fourth-order valence-electron chi connectivity index (χ4n) is 4.85. The van der Waals surface area contributed by atoms with Gasteiger partial charge in [0.2, 0.25) is 0 Å². The molecular formula is C14H20O3. The van der Waals surface area contributed by atoms with Crippen molar-refractivity contribution in [3.05, 3.63) is 0 Å². The Labute approximate surface area is 102 Å². The maximum atomic E-state index is 12.4. The molecule has 1 aliphatic heterocycles. The number of carbonyl (C=O) groups is 1. The van der Waals surface area contributed by atoms with Gasteiger partial charge in [0.15, 0.2) is 0 Å². The van der Waals surface area contributed by atoms with Crippen molar-refractivity contribution in [3.63, 3.8) is 0 Å². The zero-order chi connectivity index (χ0) is 11.5. The minimum absolute atomic E-state index is 0.0899. The first-order valence-corrected chi connectivity index (χ1v) is 7.02. The minimum atomic E-state index is -0.0936. The van der Waals surface area contributed by atoms with Crippen LogP contribution in [-0.2, 0) is 14.3 Å². The van der Waals surface area contributed by atoms with Crippen LogP contribution in [0.3, 0.4) is 0 Å². The van der Waals surface area contributed by atoms with E-state index in [4.69, 9.17) is 9.47 Å². The number of ether oxygens (including phenoxy) is 2. The summed E-state index contributed by atoms with van der Waals surface area (Å²) in [4.78, 5) is 12.4. The predicted molar refractivity (Wildman–Crippen MR) is 61.3 cm³/mol. The molecule has 1 heterocycles. The van der Waals surface area contributed by atoms with Crippen LogP contribution in [0, 0.1) is 23.2 Å². The summed E-state index contributed by atoms with van der Waals surface area (Å²) in [6.45, 7) is 1.26. The molecule has 0 amide bonds. The van der Waals surface area contributed by atoms with Gasteiger partial charge in [0.25, 0.3) is 0 Å². The Morgan fingerprint density at radius 1 is 1.12 bits per heavy atom. The van der Waals surface area contributed by atoms with E-state index >= 15 is 0 Å². The first-order chi connectivity index (χ1) is 8.23. The van der Waals surface area contributed by atoms with Crippen molar-refractivity contribution < 1.29 is 14.3 Å². The van der Waals surface area contributed by atoms with Crippen LogP contribution in [-0.4, -0.2) is 25.3 Å². The fraction of sp³-hybridized carbons (Fsp3) is 0.929. The molecule has 3 heteroatoms. The van der Waals surface area contributed by atoms with Crippen LogP contribution in [0.2, 0.25) is 0 Å². The van der Waals surface area contributed by atoms with E-state index in [1.165, 1.54) is 19.3 Å². The van der Waals surface area contributed by atoms with Crippen molar-refractivity contribution in [3.8, 4) is 0 Å². The fourth-order valence-corrected chi connectivity index (χ4v) is 4.85. The number of carbonyl (C=O) groups excluding carboxylic acids is 1. The van der Waals surface area contributed by atoms with E-state index < -0.39 is 0 Å². The molecule has 1 atom stereocenters. The molecule has 1 saturated heterocycles. The van der Waals surface area contributed by atoms with Crippen LogP contribution in [0.5, 0.6) is 0 Å². The molecule has 4 bridgehead atoms. The number of hydrogen-bond donors (Lipinski definition) is 0. The Balaban J connectivity index is 1.49. The lowest BCUT2D eigenvalue weighted by atomic mass is 9.49. The third-order valence-corrected chi connectivity index (χ3v) is 5.27. The highest BCUT2D eigenvalue weighted by Gasteiger charge is 2.55. The SMILES string of the molecule is O=C(OC[C@H]1CO1)C12CC3CC(CC(C3)C1)C2. The van der Waals surface area contributed by atoms with E-state index in [0.717, 1.165) is 43.6 Å². The first kappa shape index (κ1) is 10.4. The maximum Gasteiger partial charge on any atom is 0.312 e. The van der Waals surface area contributed by atoms with Gasteiger partial charge in [0, 0.05) is 0 Å². The number of rotatable bonds is 3. The molecule has 94 valence electrons. The molecule has 0 radical (unpaired) electrons. The summed E-state index contributed by atoms with van der Waals surface area (Å²) in [6, 6.07) is 0. The van der Waals surface area contributed by atoms with Crippen LogP contribution in [0.25, 0.3) is 0 Å². The van der Waals surface area contributed by atoms with Gasteiger partial charge in [-0.05, 0) is 56.3 Å². The molecule has 5 aliphatic rings. The number of epoxide rings is 1. The third-order valence-electron chi connectivity index (χ3n) is 5.27. The Kier molecular flexibility index (Phi) is 2.11. The second-order valence-corrected chi connectivity index (χ2v) is 6.75. The molecule has 5 rings (SSSR count). The monoisotopic (exact) mass is 236 g/mol. The summed E-state index contributed by atoms with van der Waals surface area (Å²) < 4.78 is 10.6. The van der Waals surface area contributed by atoms with Crippen molar-refractivity contribution in [2.24, 2.45) is 23.2 Å². The van der Waals surface area contributed by atoms with Crippen molar-refractivity contribution in [1.82, 2.24) is 0 Å². The van der Waals surface area contributed by atoms with Crippen molar-refractivity contribution in [2.45, 2.75) is 44.6 Å². The highest BCUT2D eigenvalue weighted by Crippen LogP contribution is 2.60. The van der Waals surface area contributed by atoms with E-state index in [1.54, 1.807) is 0 Å². The lowest BCUT2D eigenvalue weighted by Gasteiger charge is -2.55. The van der Waals surface area contributed by atoms with Gasteiger partial charge >= 0.3 is 5.97 Å². The second kappa shape index (κ2) is 3.47. The average Bonchev–Trinajstić information content (AvgIpc) is 3.07. The van der Waals surface area contributed by atoms with Gasteiger partial charge in [-0.15, -0.1) is 0 Å². The molecule has 0 aromatic carbocycles. The van der Waals surface area contributed by atoms with Crippen molar-refractivity contribution >= 4 is 5.97 Å². The molecule has 0 spiro atoms. The number of esters is 1. The van der Waals surface area contributed by atoms with Crippen LogP contribution < -0.4 is 0 Å². The molecule has 3 nitrogen and oxygen atoms in total. The highest BCUT2D eigenvalue weighted by molar-refractivity contribution is 5.77. The highest BCUT2D eigenvalue weighted by atomic mass is 16.6. The van der Waals surface area contributed by atoms with Gasteiger partial charge in [-0.2, -0.15) is 0 Å². The molecule has 0 aromatic rings. The summed E-state index contributed by atoms with van der Waals surface area (Å²) >= 11 is 0. The van der Waals surface area contributed by atoms with E-state index in [0.29, 0.717) is 6.61 Å². The number of hydrogen-bond acceptors (Lipinski definition) is 3. The summed E-state index contributed by atoms with van der Waals surface area (Å²) in [5.74, 6) is 2.52. The van der Waals surface area contributed by atoms with Crippen LogP contribution in [0.4, 0.5) is 0 Å². The normalized spacial score (nSPS) is 50.4. The van der Waals surface area contributed by atoms with E-state index in [2.05, 4.69) is 0 Å². The van der Waals surface area contributed by atoms with Crippen LogP contribution in [0.1, 0.15) is 38.5 Å². The molecular weight excluding hydrogens is 216 g/mol. The summed E-state index contributed by atoms with van der Waals surface area (Å²) in [5.41, 5.74) is -0.0936. The summed E-state index contributed by atoms with van der Waals surface area (Å²) in [6.07, 6.45) is 7.62. The van der Waals surface area contributed by atoms with E-state index in [9.17, 15) is 4.79 Å². The Bertz CT molecular complexity index is 310. The lowest BCUT2D eigenvalue weighted by Crippen LogP contribution is -2.50. The molecule has 17 heavy (non-hydrogen) atoms. The van der Waals surface area contributed by atoms with Gasteiger partial charge in [-0.3, -0.25) is 4.79 Å². The standard InChI is InChI=1S/C14H20O3/c15-13(17-8-12-7-16-12)14-4-9-1-10(5-14)3-11(2-9)6-14/h9-12H,1-8H2/t9?,10?,11?,12-,14?/m1/s1. The molecule has 0 N–H and O–H groups in total. The predicted octanol–water partition coefficient (Wildman–Crippen LogP) is 2.14. The topological polar surface area (TPSA) is 38.8 Å². The molecule has 4 saturated carbocycles.